The van der Waals surface area contributed by atoms with Crippen molar-refractivity contribution in [2.75, 3.05) is 6.54 Å². The van der Waals surface area contributed by atoms with E-state index in [2.05, 4.69) is 46.7 Å². The first kappa shape index (κ1) is 15.4. The van der Waals surface area contributed by atoms with E-state index in [9.17, 15) is 0 Å². The van der Waals surface area contributed by atoms with Gasteiger partial charge in [-0.1, -0.05) is 26.0 Å². The number of nitrogens with zero attached hydrogens (tertiary/aromatic N) is 4. The van der Waals surface area contributed by atoms with E-state index in [4.69, 9.17) is 4.74 Å². The SMILES string of the molecule is CCCNC(CC)c1ccc(OCc2nnn(C)n2)cc1. The van der Waals surface area contributed by atoms with Crippen molar-refractivity contribution in [1.29, 1.82) is 0 Å². The van der Waals surface area contributed by atoms with E-state index in [1.54, 1.807) is 7.05 Å². The van der Waals surface area contributed by atoms with Crippen LogP contribution in [0.5, 0.6) is 5.75 Å². The number of aryl methyl sites for hydroxylation is 1. The highest BCUT2D eigenvalue weighted by atomic mass is 16.5. The lowest BCUT2D eigenvalue weighted by atomic mass is 10.0. The summed E-state index contributed by atoms with van der Waals surface area (Å²) in [6, 6.07) is 8.59. The number of benzene rings is 1. The zero-order chi connectivity index (χ0) is 15.1. The summed E-state index contributed by atoms with van der Waals surface area (Å²) in [7, 11) is 1.74. The van der Waals surface area contributed by atoms with Crippen LogP contribution in [0.15, 0.2) is 24.3 Å². The average molecular weight is 289 g/mol. The maximum Gasteiger partial charge on any atom is 0.212 e. The number of ether oxygens (including phenoxy) is 1. The molecule has 114 valence electrons. The monoisotopic (exact) mass is 289 g/mol. The largest absolute Gasteiger partial charge is 0.485 e. The van der Waals surface area contributed by atoms with Crippen LogP contribution in [0.3, 0.4) is 0 Å². The average Bonchev–Trinajstić information content (AvgIpc) is 2.93. The Morgan fingerprint density at radius 1 is 1.24 bits per heavy atom. The van der Waals surface area contributed by atoms with Gasteiger partial charge in [0.05, 0.1) is 7.05 Å². The first-order chi connectivity index (χ1) is 10.2. The number of tetrazole rings is 1. The van der Waals surface area contributed by atoms with Crippen molar-refractivity contribution in [1.82, 2.24) is 25.5 Å². The molecule has 1 N–H and O–H groups in total. The third kappa shape index (κ3) is 4.53. The zero-order valence-corrected chi connectivity index (χ0v) is 12.9. The number of hydrogen-bond acceptors (Lipinski definition) is 5. The maximum atomic E-state index is 5.66. The molecule has 0 aliphatic heterocycles. The van der Waals surface area contributed by atoms with E-state index < -0.39 is 0 Å². The van der Waals surface area contributed by atoms with Crippen molar-refractivity contribution < 1.29 is 4.74 Å². The van der Waals surface area contributed by atoms with Crippen molar-refractivity contribution in [3.63, 3.8) is 0 Å². The van der Waals surface area contributed by atoms with Gasteiger partial charge in [-0.05, 0) is 42.3 Å². The van der Waals surface area contributed by atoms with E-state index in [1.807, 2.05) is 12.1 Å². The quantitative estimate of drug-likeness (QED) is 0.807. The Labute approximate surface area is 125 Å². The first-order valence-corrected chi connectivity index (χ1v) is 7.42. The summed E-state index contributed by atoms with van der Waals surface area (Å²) in [5.41, 5.74) is 1.29. The van der Waals surface area contributed by atoms with Crippen molar-refractivity contribution in [2.45, 2.75) is 39.3 Å². The molecule has 0 bridgehead atoms. The van der Waals surface area contributed by atoms with Gasteiger partial charge in [-0.25, -0.2) is 0 Å². The molecule has 6 nitrogen and oxygen atoms in total. The van der Waals surface area contributed by atoms with Crippen LogP contribution in [-0.2, 0) is 13.7 Å². The highest BCUT2D eigenvalue weighted by Gasteiger charge is 2.08. The molecule has 1 heterocycles. The maximum absolute atomic E-state index is 5.66. The van der Waals surface area contributed by atoms with Gasteiger partial charge in [0.25, 0.3) is 0 Å². The fourth-order valence-electron chi connectivity index (χ4n) is 2.14. The second kappa shape index (κ2) is 7.73. The molecule has 0 saturated carbocycles. The fraction of sp³-hybridized carbons (Fsp3) is 0.533. The lowest BCUT2D eigenvalue weighted by molar-refractivity contribution is 0.295. The molecule has 0 amide bonds. The van der Waals surface area contributed by atoms with Crippen LogP contribution in [0, 0.1) is 0 Å². The molecule has 0 saturated heterocycles. The molecule has 0 spiro atoms. The fourth-order valence-corrected chi connectivity index (χ4v) is 2.14. The molecule has 0 aliphatic carbocycles. The summed E-state index contributed by atoms with van der Waals surface area (Å²) in [6.07, 6.45) is 2.21. The predicted molar refractivity (Wildman–Crippen MR) is 80.9 cm³/mol. The van der Waals surface area contributed by atoms with E-state index >= 15 is 0 Å². The standard InChI is InChI=1S/C15H23N5O/c1-4-10-16-14(5-2)12-6-8-13(9-7-12)21-11-15-17-19-20(3)18-15/h6-9,14,16H,4-5,10-11H2,1-3H3. The molecule has 0 aliphatic rings. The number of hydrogen-bond donors (Lipinski definition) is 1. The molecule has 0 radical (unpaired) electrons. The van der Waals surface area contributed by atoms with Crippen LogP contribution < -0.4 is 10.1 Å². The van der Waals surface area contributed by atoms with Gasteiger partial charge in [0.1, 0.15) is 5.75 Å². The Balaban J connectivity index is 1.91. The number of aromatic nitrogens is 4. The molecule has 1 aromatic carbocycles. The van der Waals surface area contributed by atoms with Crippen molar-refractivity contribution >= 4 is 0 Å². The first-order valence-electron chi connectivity index (χ1n) is 7.42. The summed E-state index contributed by atoms with van der Waals surface area (Å²) < 4.78 is 5.66. The Kier molecular flexibility index (Phi) is 5.68. The van der Waals surface area contributed by atoms with Crippen LogP contribution in [-0.4, -0.2) is 26.8 Å². The van der Waals surface area contributed by atoms with Gasteiger partial charge in [0.2, 0.25) is 5.82 Å². The van der Waals surface area contributed by atoms with Crippen LogP contribution >= 0.6 is 0 Å². The highest BCUT2D eigenvalue weighted by Crippen LogP contribution is 2.20. The molecular weight excluding hydrogens is 266 g/mol. The molecule has 1 unspecified atom stereocenters. The second-order valence-electron chi connectivity index (χ2n) is 4.97. The summed E-state index contributed by atoms with van der Waals surface area (Å²) in [6.45, 7) is 5.74. The van der Waals surface area contributed by atoms with Gasteiger partial charge < -0.3 is 10.1 Å². The molecule has 2 aromatic rings. The third-order valence-electron chi connectivity index (χ3n) is 3.25. The third-order valence-corrected chi connectivity index (χ3v) is 3.25. The topological polar surface area (TPSA) is 64.9 Å². The normalized spacial score (nSPS) is 12.3. The van der Waals surface area contributed by atoms with Crippen LogP contribution in [0.4, 0.5) is 0 Å². The second-order valence-corrected chi connectivity index (χ2v) is 4.97. The van der Waals surface area contributed by atoms with Gasteiger partial charge in [-0.3, -0.25) is 0 Å². The van der Waals surface area contributed by atoms with Gasteiger partial charge >= 0.3 is 0 Å². The molecule has 1 aromatic heterocycles. The molecule has 21 heavy (non-hydrogen) atoms. The number of nitrogens with one attached hydrogen (secondary N) is 1. The summed E-state index contributed by atoms with van der Waals surface area (Å²) >= 11 is 0. The summed E-state index contributed by atoms with van der Waals surface area (Å²) in [5, 5.41) is 15.3. The lowest BCUT2D eigenvalue weighted by Crippen LogP contribution is -2.21. The van der Waals surface area contributed by atoms with Gasteiger partial charge in [0.15, 0.2) is 6.61 Å². The van der Waals surface area contributed by atoms with Crippen molar-refractivity contribution in [3.05, 3.63) is 35.7 Å². The Bertz CT molecular complexity index is 537. The van der Waals surface area contributed by atoms with E-state index in [0.29, 0.717) is 18.5 Å². The van der Waals surface area contributed by atoms with Gasteiger partial charge in [-0.2, -0.15) is 4.80 Å². The molecule has 0 fully saturated rings. The van der Waals surface area contributed by atoms with E-state index in [-0.39, 0.29) is 0 Å². The van der Waals surface area contributed by atoms with Crippen molar-refractivity contribution in [2.24, 2.45) is 7.05 Å². The zero-order valence-electron chi connectivity index (χ0n) is 12.9. The summed E-state index contributed by atoms with van der Waals surface area (Å²) in [5.74, 6) is 1.40. The van der Waals surface area contributed by atoms with E-state index in [1.165, 1.54) is 10.4 Å². The van der Waals surface area contributed by atoms with Crippen LogP contribution in [0.1, 0.15) is 44.1 Å². The number of rotatable bonds is 8. The predicted octanol–water partition coefficient (Wildman–Crippen LogP) is 2.24. The minimum Gasteiger partial charge on any atom is -0.485 e. The van der Waals surface area contributed by atoms with Gasteiger partial charge in [0, 0.05) is 6.04 Å². The molecule has 6 heteroatoms. The minimum absolute atomic E-state index is 0.332. The van der Waals surface area contributed by atoms with Crippen LogP contribution in [0.2, 0.25) is 0 Å². The van der Waals surface area contributed by atoms with Crippen molar-refractivity contribution in [3.8, 4) is 5.75 Å². The Morgan fingerprint density at radius 2 is 2.00 bits per heavy atom. The summed E-state index contributed by atoms with van der Waals surface area (Å²) in [4.78, 5) is 1.42. The molecular formula is C15H23N5O. The Hall–Kier alpha value is -1.95. The smallest absolute Gasteiger partial charge is 0.212 e. The minimum atomic E-state index is 0.332. The Morgan fingerprint density at radius 3 is 2.57 bits per heavy atom. The molecule has 1 atom stereocenters. The van der Waals surface area contributed by atoms with Gasteiger partial charge in [-0.15, -0.1) is 10.2 Å². The van der Waals surface area contributed by atoms with E-state index in [0.717, 1.165) is 25.1 Å². The highest BCUT2D eigenvalue weighted by molar-refractivity contribution is 5.29. The lowest BCUT2D eigenvalue weighted by Gasteiger charge is -2.17. The van der Waals surface area contributed by atoms with Crippen LogP contribution in [0.25, 0.3) is 0 Å². The molecule has 2 rings (SSSR count).